The summed E-state index contributed by atoms with van der Waals surface area (Å²) in [5, 5.41) is 3.59. The summed E-state index contributed by atoms with van der Waals surface area (Å²) in [6, 6.07) is 5.31. The summed E-state index contributed by atoms with van der Waals surface area (Å²) in [6.45, 7) is 4.08. The van der Waals surface area contributed by atoms with Crippen LogP contribution in [-0.2, 0) is 11.2 Å². The van der Waals surface area contributed by atoms with Crippen molar-refractivity contribution in [3.63, 3.8) is 0 Å². The Hall–Kier alpha value is -0.450. The van der Waals surface area contributed by atoms with Crippen LogP contribution in [-0.4, -0.2) is 25.3 Å². The summed E-state index contributed by atoms with van der Waals surface area (Å²) in [5.41, 5.74) is 1.04. The smallest absolute Gasteiger partial charge is 0.123 e. The van der Waals surface area contributed by atoms with Crippen molar-refractivity contribution in [2.75, 3.05) is 13.2 Å². The molecule has 0 aliphatic carbocycles. The molecule has 1 saturated heterocycles. The zero-order chi connectivity index (χ0) is 15.1. The summed E-state index contributed by atoms with van der Waals surface area (Å²) in [6.07, 6.45) is 6.93. The van der Waals surface area contributed by atoms with E-state index in [1.54, 1.807) is 12.1 Å². The largest absolute Gasteiger partial charge is 0.378 e. The van der Waals surface area contributed by atoms with Gasteiger partial charge in [-0.05, 0) is 68.8 Å². The van der Waals surface area contributed by atoms with E-state index < -0.39 is 0 Å². The Morgan fingerprint density at radius 1 is 1.48 bits per heavy atom. The summed E-state index contributed by atoms with van der Waals surface area (Å²) in [5.74, 6) is -0.165. The normalized spacial score (nSPS) is 19.9. The molecule has 0 radical (unpaired) electrons. The lowest BCUT2D eigenvalue weighted by atomic mass is 9.99. The zero-order valence-electron chi connectivity index (χ0n) is 12.7. The molecule has 1 N–H and O–H groups in total. The first-order valence-electron chi connectivity index (χ1n) is 7.98. The standard InChI is InChI=1S/C17H25BrFNO/c1-2-9-20-15(6-7-16-4-3-10-21-16)12-13-11-14(19)5-8-17(13)18/h5,8,11,15-16,20H,2-4,6-7,9-10,12H2,1H3. The molecule has 0 spiro atoms. The first-order valence-corrected chi connectivity index (χ1v) is 8.77. The fourth-order valence-corrected chi connectivity index (χ4v) is 3.26. The van der Waals surface area contributed by atoms with Crippen LogP contribution in [0.15, 0.2) is 22.7 Å². The minimum absolute atomic E-state index is 0.165. The average Bonchev–Trinajstić information content (AvgIpc) is 2.99. The lowest BCUT2D eigenvalue weighted by Gasteiger charge is -2.21. The SMILES string of the molecule is CCCNC(CCC1CCCO1)Cc1cc(F)ccc1Br. The van der Waals surface area contributed by atoms with Gasteiger partial charge in [-0.2, -0.15) is 0 Å². The summed E-state index contributed by atoms with van der Waals surface area (Å²) in [4.78, 5) is 0. The maximum absolute atomic E-state index is 13.4. The van der Waals surface area contributed by atoms with Gasteiger partial charge >= 0.3 is 0 Å². The van der Waals surface area contributed by atoms with Gasteiger partial charge in [0, 0.05) is 17.1 Å². The van der Waals surface area contributed by atoms with Gasteiger partial charge in [-0.1, -0.05) is 22.9 Å². The molecule has 2 atom stereocenters. The third-order valence-electron chi connectivity index (χ3n) is 4.02. The second kappa shape index (κ2) is 8.86. The molecule has 4 heteroatoms. The molecule has 1 heterocycles. The Morgan fingerprint density at radius 3 is 3.05 bits per heavy atom. The molecule has 1 aliphatic rings. The minimum atomic E-state index is -0.165. The number of hydrogen-bond donors (Lipinski definition) is 1. The van der Waals surface area contributed by atoms with Gasteiger partial charge in [0.05, 0.1) is 6.10 Å². The molecule has 0 bridgehead atoms. The van der Waals surface area contributed by atoms with E-state index in [-0.39, 0.29) is 5.82 Å². The molecule has 21 heavy (non-hydrogen) atoms. The summed E-state index contributed by atoms with van der Waals surface area (Å²) < 4.78 is 20.1. The Bertz CT molecular complexity index is 435. The van der Waals surface area contributed by atoms with Crippen LogP contribution in [0.2, 0.25) is 0 Å². The topological polar surface area (TPSA) is 21.3 Å². The molecule has 0 aromatic heterocycles. The van der Waals surface area contributed by atoms with E-state index in [2.05, 4.69) is 28.2 Å². The molecule has 2 unspecified atom stereocenters. The van der Waals surface area contributed by atoms with Crippen LogP contribution in [0, 0.1) is 5.82 Å². The molecule has 0 saturated carbocycles. The van der Waals surface area contributed by atoms with Crippen LogP contribution >= 0.6 is 15.9 Å². The van der Waals surface area contributed by atoms with Gasteiger partial charge in [-0.3, -0.25) is 0 Å². The van der Waals surface area contributed by atoms with E-state index in [9.17, 15) is 4.39 Å². The van der Waals surface area contributed by atoms with Crippen molar-refractivity contribution in [2.45, 2.75) is 57.6 Å². The number of benzene rings is 1. The summed E-state index contributed by atoms with van der Waals surface area (Å²) in [7, 11) is 0. The second-order valence-electron chi connectivity index (χ2n) is 5.80. The van der Waals surface area contributed by atoms with Crippen molar-refractivity contribution in [1.82, 2.24) is 5.32 Å². The van der Waals surface area contributed by atoms with Gasteiger partial charge in [-0.15, -0.1) is 0 Å². The molecule has 1 aromatic rings. The van der Waals surface area contributed by atoms with Crippen molar-refractivity contribution in [3.8, 4) is 0 Å². The van der Waals surface area contributed by atoms with E-state index in [0.717, 1.165) is 48.9 Å². The Balaban J connectivity index is 1.92. The first kappa shape index (κ1) is 16.9. The highest BCUT2D eigenvalue weighted by molar-refractivity contribution is 9.10. The molecule has 118 valence electrons. The monoisotopic (exact) mass is 357 g/mol. The van der Waals surface area contributed by atoms with Crippen LogP contribution < -0.4 is 5.32 Å². The lowest BCUT2D eigenvalue weighted by Crippen LogP contribution is -2.32. The quantitative estimate of drug-likeness (QED) is 0.741. The van der Waals surface area contributed by atoms with Gasteiger partial charge in [0.15, 0.2) is 0 Å². The van der Waals surface area contributed by atoms with Crippen LogP contribution in [0.25, 0.3) is 0 Å². The van der Waals surface area contributed by atoms with Crippen LogP contribution in [0.1, 0.15) is 44.6 Å². The number of rotatable bonds is 8. The molecule has 1 fully saturated rings. The average molecular weight is 358 g/mol. The van der Waals surface area contributed by atoms with E-state index >= 15 is 0 Å². The van der Waals surface area contributed by atoms with Crippen molar-refractivity contribution in [1.29, 1.82) is 0 Å². The third kappa shape index (κ3) is 5.68. The molecule has 0 amide bonds. The predicted octanol–water partition coefficient (Wildman–Crippen LogP) is 4.46. The number of ether oxygens (including phenoxy) is 1. The van der Waals surface area contributed by atoms with E-state index in [1.807, 2.05) is 0 Å². The van der Waals surface area contributed by atoms with Gasteiger partial charge in [-0.25, -0.2) is 4.39 Å². The van der Waals surface area contributed by atoms with Crippen LogP contribution in [0.5, 0.6) is 0 Å². The van der Waals surface area contributed by atoms with E-state index in [1.165, 1.54) is 18.9 Å². The fraction of sp³-hybridized carbons (Fsp3) is 0.647. The van der Waals surface area contributed by atoms with E-state index in [4.69, 9.17) is 4.74 Å². The van der Waals surface area contributed by atoms with Crippen LogP contribution in [0.4, 0.5) is 4.39 Å². The number of hydrogen-bond acceptors (Lipinski definition) is 2. The number of halogens is 2. The third-order valence-corrected chi connectivity index (χ3v) is 4.79. The predicted molar refractivity (Wildman–Crippen MR) is 88.1 cm³/mol. The highest BCUT2D eigenvalue weighted by Gasteiger charge is 2.18. The fourth-order valence-electron chi connectivity index (χ4n) is 2.85. The number of nitrogens with one attached hydrogen (secondary N) is 1. The molecule has 2 rings (SSSR count). The molecule has 2 nitrogen and oxygen atoms in total. The van der Waals surface area contributed by atoms with E-state index in [0.29, 0.717) is 12.1 Å². The van der Waals surface area contributed by atoms with Gasteiger partial charge in [0.25, 0.3) is 0 Å². The highest BCUT2D eigenvalue weighted by Crippen LogP contribution is 2.22. The Kier molecular flexibility index (Phi) is 7.14. The Morgan fingerprint density at radius 2 is 2.33 bits per heavy atom. The van der Waals surface area contributed by atoms with Crippen molar-refractivity contribution >= 4 is 15.9 Å². The van der Waals surface area contributed by atoms with Crippen LogP contribution in [0.3, 0.4) is 0 Å². The van der Waals surface area contributed by atoms with Crippen molar-refractivity contribution in [3.05, 3.63) is 34.1 Å². The maximum Gasteiger partial charge on any atom is 0.123 e. The molecular weight excluding hydrogens is 333 g/mol. The maximum atomic E-state index is 13.4. The molecule has 1 aromatic carbocycles. The second-order valence-corrected chi connectivity index (χ2v) is 6.66. The first-order chi connectivity index (χ1) is 10.2. The summed E-state index contributed by atoms with van der Waals surface area (Å²) >= 11 is 3.53. The Labute approximate surface area is 135 Å². The highest BCUT2D eigenvalue weighted by atomic mass is 79.9. The van der Waals surface area contributed by atoms with Crippen molar-refractivity contribution < 1.29 is 9.13 Å². The lowest BCUT2D eigenvalue weighted by molar-refractivity contribution is 0.0995. The van der Waals surface area contributed by atoms with Gasteiger partial charge in [0.1, 0.15) is 5.82 Å². The zero-order valence-corrected chi connectivity index (χ0v) is 14.3. The van der Waals surface area contributed by atoms with Crippen molar-refractivity contribution in [2.24, 2.45) is 0 Å². The minimum Gasteiger partial charge on any atom is -0.378 e. The van der Waals surface area contributed by atoms with Gasteiger partial charge in [0.2, 0.25) is 0 Å². The molecule has 1 aliphatic heterocycles. The molecular formula is C17H25BrFNO. The van der Waals surface area contributed by atoms with Gasteiger partial charge < -0.3 is 10.1 Å².